The molecule has 0 atom stereocenters. The maximum Gasteiger partial charge on any atom is 0.329 e. The van der Waals surface area contributed by atoms with Crippen molar-refractivity contribution in [2.75, 3.05) is 13.6 Å². The molecule has 1 aliphatic heterocycles. The van der Waals surface area contributed by atoms with Crippen LogP contribution in [-0.4, -0.2) is 28.0 Å². The lowest BCUT2D eigenvalue weighted by Crippen LogP contribution is -2.35. The van der Waals surface area contributed by atoms with E-state index in [9.17, 15) is 9.59 Å². The summed E-state index contributed by atoms with van der Waals surface area (Å²) >= 11 is 1.54. The highest BCUT2D eigenvalue weighted by Gasteiger charge is 2.22. The van der Waals surface area contributed by atoms with Crippen LogP contribution in [0, 0.1) is 0 Å². The third-order valence-electron chi connectivity index (χ3n) is 4.36. The highest BCUT2D eigenvalue weighted by Crippen LogP contribution is 2.31. The van der Waals surface area contributed by atoms with E-state index in [4.69, 9.17) is 0 Å². The first-order valence-corrected chi connectivity index (χ1v) is 8.45. The summed E-state index contributed by atoms with van der Waals surface area (Å²) < 4.78 is 1.31. The van der Waals surface area contributed by atoms with Crippen molar-refractivity contribution in [1.82, 2.24) is 14.5 Å². The van der Waals surface area contributed by atoms with Crippen LogP contribution in [-0.2, 0) is 19.5 Å². The average Bonchev–Trinajstić information content (AvgIpc) is 2.89. The number of likely N-dealkylation sites (N-methyl/N-ethyl adjacent to an activating group) is 1. The molecule has 3 aromatic rings. The molecule has 0 bridgehead atoms. The summed E-state index contributed by atoms with van der Waals surface area (Å²) in [5.41, 5.74) is 1.56. The number of benzene rings is 1. The number of H-pyrrole nitrogens is 1. The van der Waals surface area contributed by atoms with Crippen molar-refractivity contribution in [3.05, 3.63) is 67.2 Å². The highest BCUT2D eigenvalue weighted by atomic mass is 32.1. The van der Waals surface area contributed by atoms with Crippen molar-refractivity contribution in [3.8, 4) is 0 Å². The second kappa shape index (κ2) is 5.47. The summed E-state index contributed by atoms with van der Waals surface area (Å²) in [7, 11) is 2.07. The molecule has 3 heterocycles. The quantitative estimate of drug-likeness (QED) is 0.781. The molecule has 0 aliphatic carbocycles. The van der Waals surface area contributed by atoms with Gasteiger partial charge in [-0.2, -0.15) is 0 Å². The van der Waals surface area contributed by atoms with Crippen molar-refractivity contribution in [2.24, 2.45) is 0 Å². The maximum absolute atomic E-state index is 12.9. The van der Waals surface area contributed by atoms with Gasteiger partial charge >= 0.3 is 5.69 Å². The summed E-state index contributed by atoms with van der Waals surface area (Å²) in [5, 5.41) is 0.702. The minimum absolute atomic E-state index is 0.172. The number of hydrogen-bond acceptors (Lipinski definition) is 4. The SMILES string of the molecule is CN1CCc2c(sc3[nH]c(=O)n(Cc4ccccc4)c(=O)c23)C1. The van der Waals surface area contributed by atoms with E-state index in [1.165, 1.54) is 20.8 Å². The normalized spacial score (nSPS) is 15.0. The molecule has 0 unspecified atom stereocenters. The second-order valence-corrected chi connectivity index (χ2v) is 7.11. The van der Waals surface area contributed by atoms with Crippen LogP contribution in [0.25, 0.3) is 10.2 Å². The average molecular weight is 327 g/mol. The number of nitrogens with one attached hydrogen (secondary N) is 1. The Bertz CT molecular complexity index is 985. The maximum atomic E-state index is 12.9. The lowest BCUT2D eigenvalue weighted by Gasteiger charge is -2.21. The molecule has 0 fully saturated rings. The number of thiophene rings is 1. The number of aromatic nitrogens is 2. The number of aromatic amines is 1. The summed E-state index contributed by atoms with van der Waals surface area (Å²) in [6, 6.07) is 9.60. The molecule has 23 heavy (non-hydrogen) atoms. The van der Waals surface area contributed by atoms with E-state index in [2.05, 4.69) is 16.9 Å². The van der Waals surface area contributed by atoms with Gasteiger partial charge in [0.1, 0.15) is 4.83 Å². The van der Waals surface area contributed by atoms with Gasteiger partial charge in [0.25, 0.3) is 5.56 Å². The number of hydrogen-bond donors (Lipinski definition) is 1. The van der Waals surface area contributed by atoms with Gasteiger partial charge in [-0.1, -0.05) is 30.3 Å². The van der Waals surface area contributed by atoms with Crippen LogP contribution < -0.4 is 11.2 Å². The largest absolute Gasteiger partial charge is 0.329 e. The fraction of sp³-hybridized carbons (Fsp3) is 0.294. The van der Waals surface area contributed by atoms with Crippen LogP contribution in [0.2, 0.25) is 0 Å². The van der Waals surface area contributed by atoms with E-state index in [0.717, 1.165) is 30.6 Å². The topological polar surface area (TPSA) is 58.1 Å². The molecule has 0 amide bonds. The fourth-order valence-corrected chi connectivity index (χ4v) is 4.46. The summed E-state index contributed by atoms with van der Waals surface area (Å²) in [5.74, 6) is 0. The van der Waals surface area contributed by atoms with Gasteiger partial charge in [-0.25, -0.2) is 4.79 Å². The zero-order valence-corrected chi connectivity index (χ0v) is 13.7. The third-order valence-corrected chi connectivity index (χ3v) is 5.49. The van der Waals surface area contributed by atoms with Crippen molar-refractivity contribution in [3.63, 3.8) is 0 Å². The van der Waals surface area contributed by atoms with Gasteiger partial charge in [-0.15, -0.1) is 11.3 Å². The molecule has 6 heteroatoms. The first-order valence-electron chi connectivity index (χ1n) is 7.63. The second-order valence-electron chi connectivity index (χ2n) is 6.00. The molecule has 0 spiro atoms. The summed E-state index contributed by atoms with van der Waals surface area (Å²) in [4.78, 5) is 32.3. The molecule has 0 radical (unpaired) electrons. The van der Waals surface area contributed by atoms with Gasteiger partial charge in [0, 0.05) is 18.0 Å². The predicted octanol–water partition coefficient (Wildman–Crippen LogP) is 1.79. The Morgan fingerprint density at radius 1 is 1.22 bits per heavy atom. The Morgan fingerprint density at radius 3 is 2.78 bits per heavy atom. The molecule has 4 rings (SSSR count). The van der Waals surface area contributed by atoms with Gasteiger partial charge in [-0.3, -0.25) is 14.3 Å². The molecule has 2 aromatic heterocycles. The lowest BCUT2D eigenvalue weighted by molar-refractivity contribution is 0.318. The van der Waals surface area contributed by atoms with Crippen molar-refractivity contribution >= 4 is 21.6 Å². The van der Waals surface area contributed by atoms with Gasteiger partial charge in [0.15, 0.2) is 0 Å². The highest BCUT2D eigenvalue weighted by molar-refractivity contribution is 7.18. The van der Waals surface area contributed by atoms with Gasteiger partial charge in [0.05, 0.1) is 11.9 Å². The molecule has 1 aliphatic rings. The van der Waals surface area contributed by atoms with Crippen LogP contribution in [0.1, 0.15) is 16.0 Å². The van der Waals surface area contributed by atoms with Crippen LogP contribution in [0.3, 0.4) is 0 Å². The monoisotopic (exact) mass is 327 g/mol. The summed E-state index contributed by atoms with van der Waals surface area (Å²) in [6.07, 6.45) is 0.860. The zero-order chi connectivity index (χ0) is 16.0. The molecule has 5 nitrogen and oxygen atoms in total. The van der Waals surface area contributed by atoms with Crippen molar-refractivity contribution < 1.29 is 0 Å². The molecule has 0 saturated carbocycles. The number of fused-ring (bicyclic) bond motifs is 3. The third kappa shape index (κ3) is 2.44. The minimum Gasteiger partial charge on any atom is -0.301 e. The predicted molar refractivity (Wildman–Crippen MR) is 92.3 cm³/mol. The Kier molecular flexibility index (Phi) is 3.43. The Morgan fingerprint density at radius 2 is 2.00 bits per heavy atom. The van der Waals surface area contributed by atoms with E-state index in [1.54, 1.807) is 0 Å². The standard InChI is InChI=1S/C17H17N3O2S/c1-19-8-7-12-13(10-19)23-15-14(12)16(21)20(17(22)18-15)9-11-5-3-2-4-6-11/h2-6H,7-10H2,1H3,(H,18,22). The van der Waals surface area contributed by atoms with Crippen LogP contribution in [0.4, 0.5) is 0 Å². The number of rotatable bonds is 2. The molecule has 1 aromatic carbocycles. The number of nitrogens with zero attached hydrogens (tertiary/aromatic N) is 2. The Hall–Kier alpha value is -2.18. The van der Waals surface area contributed by atoms with E-state index in [1.807, 2.05) is 30.3 Å². The molecular formula is C17H17N3O2S. The molecule has 1 N–H and O–H groups in total. The van der Waals surface area contributed by atoms with Gasteiger partial charge < -0.3 is 4.90 Å². The van der Waals surface area contributed by atoms with E-state index < -0.39 is 0 Å². The van der Waals surface area contributed by atoms with Crippen LogP contribution in [0.15, 0.2) is 39.9 Å². The van der Waals surface area contributed by atoms with E-state index in [-0.39, 0.29) is 11.2 Å². The van der Waals surface area contributed by atoms with Crippen LogP contribution >= 0.6 is 11.3 Å². The van der Waals surface area contributed by atoms with E-state index in [0.29, 0.717) is 16.8 Å². The van der Waals surface area contributed by atoms with Gasteiger partial charge in [0.2, 0.25) is 0 Å². The summed E-state index contributed by atoms with van der Waals surface area (Å²) in [6.45, 7) is 2.08. The van der Waals surface area contributed by atoms with Crippen molar-refractivity contribution in [1.29, 1.82) is 0 Å². The Balaban J connectivity index is 1.90. The Labute approximate surface area is 136 Å². The minimum atomic E-state index is -0.335. The lowest BCUT2D eigenvalue weighted by atomic mass is 10.1. The van der Waals surface area contributed by atoms with Gasteiger partial charge in [-0.05, 0) is 24.6 Å². The molecule has 118 valence electrons. The fourth-order valence-electron chi connectivity index (χ4n) is 3.15. The molecular weight excluding hydrogens is 310 g/mol. The zero-order valence-electron chi connectivity index (χ0n) is 12.8. The first-order chi connectivity index (χ1) is 11.1. The van der Waals surface area contributed by atoms with Crippen LogP contribution in [0.5, 0.6) is 0 Å². The van der Waals surface area contributed by atoms with Crippen molar-refractivity contribution in [2.45, 2.75) is 19.5 Å². The smallest absolute Gasteiger partial charge is 0.301 e. The molecule has 0 saturated heterocycles. The van der Waals surface area contributed by atoms with E-state index >= 15 is 0 Å². The first kappa shape index (κ1) is 14.4.